The van der Waals surface area contributed by atoms with Gasteiger partial charge in [0.15, 0.2) is 11.2 Å². The first kappa shape index (κ1) is 45.2. The molecule has 0 aliphatic rings. The highest BCUT2D eigenvalue weighted by Gasteiger charge is 2.30. The lowest BCUT2D eigenvalue weighted by Gasteiger charge is -2.25. The van der Waals surface area contributed by atoms with E-state index < -0.39 is 6.04 Å². The molecule has 298 valence electrons. The molecule has 2 heterocycles. The molecule has 1 amide bonds. The summed E-state index contributed by atoms with van der Waals surface area (Å²) in [6.07, 6.45) is 29.4. The van der Waals surface area contributed by atoms with Gasteiger partial charge >= 0.3 is 5.97 Å². The van der Waals surface area contributed by atoms with Crippen molar-refractivity contribution in [3.8, 4) is 0 Å². The Morgan fingerprint density at radius 3 is 1.71 bits per heavy atom. The molecule has 0 saturated carbocycles. The highest BCUT2D eigenvalue weighted by atomic mass is 16.5. The predicted octanol–water partition coefficient (Wildman–Crippen LogP) is 10.3. The Morgan fingerprint density at radius 2 is 1.19 bits per heavy atom. The zero-order valence-corrected chi connectivity index (χ0v) is 34.1. The average molecular weight is 729 g/mol. The van der Waals surface area contributed by atoms with Gasteiger partial charge in [0.1, 0.15) is 12.1 Å². The minimum atomic E-state index is -0.941. The molecule has 2 aromatic rings. The van der Waals surface area contributed by atoms with E-state index in [2.05, 4.69) is 48.0 Å². The maximum Gasteiger partial charge on any atom is 0.308 e. The SMILES string of the molecule is CCCCCCCCCCC(CCCCCCC)OC(=O)CC(C(=O)NC(CCCCC)CCCCCCC)n1cnc2c(=O)[nH]c(N(C)C)nc21. The van der Waals surface area contributed by atoms with Crippen molar-refractivity contribution < 1.29 is 14.3 Å². The van der Waals surface area contributed by atoms with E-state index in [1.165, 1.54) is 83.4 Å². The average Bonchev–Trinajstić information content (AvgIpc) is 3.55. The monoisotopic (exact) mass is 729 g/mol. The number of nitrogens with one attached hydrogen (secondary N) is 2. The highest BCUT2D eigenvalue weighted by molar-refractivity contribution is 5.87. The molecule has 2 rings (SSSR count). The Kier molecular flexibility index (Phi) is 24.1. The molecule has 52 heavy (non-hydrogen) atoms. The summed E-state index contributed by atoms with van der Waals surface area (Å²) in [6, 6.07) is -0.926. The number of esters is 1. The number of anilines is 1. The van der Waals surface area contributed by atoms with Crippen molar-refractivity contribution in [1.29, 1.82) is 0 Å². The second kappa shape index (κ2) is 27.7. The number of amides is 1. The van der Waals surface area contributed by atoms with Gasteiger partial charge in [-0.15, -0.1) is 0 Å². The van der Waals surface area contributed by atoms with Gasteiger partial charge in [0.05, 0.1) is 12.7 Å². The van der Waals surface area contributed by atoms with E-state index >= 15 is 0 Å². The molecule has 10 nitrogen and oxygen atoms in total. The molecule has 0 aromatic carbocycles. The molecular weight excluding hydrogens is 652 g/mol. The smallest absolute Gasteiger partial charge is 0.308 e. The third kappa shape index (κ3) is 17.7. The van der Waals surface area contributed by atoms with Gasteiger partial charge in [0, 0.05) is 20.1 Å². The number of fused-ring (bicyclic) bond motifs is 1. The number of carbonyl (C=O) groups excluding carboxylic acids is 2. The van der Waals surface area contributed by atoms with E-state index in [9.17, 15) is 14.4 Å². The first-order chi connectivity index (χ1) is 25.2. The molecule has 3 unspecified atom stereocenters. The molecule has 3 atom stereocenters. The van der Waals surface area contributed by atoms with Crippen LogP contribution in [0, 0.1) is 0 Å². The molecule has 0 fully saturated rings. The fraction of sp³-hybridized carbons (Fsp3) is 0.833. The van der Waals surface area contributed by atoms with Crippen LogP contribution < -0.4 is 15.8 Å². The minimum absolute atomic E-state index is 0.0144. The molecular formula is C42H76N6O4. The number of hydrogen-bond donors (Lipinski definition) is 2. The number of aromatic amines is 1. The fourth-order valence-corrected chi connectivity index (χ4v) is 7.03. The largest absolute Gasteiger partial charge is 0.462 e. The molecule has 2 N–H and O–H groups in total. The lowest BCUT2D eigenvalue weighted by molar-refractivity contribution is -0.152. The Balaban J connectivity index is 2.28. The molecule has 0 spiro atoms. The van der Waals surface area contributed by atoms with E-state index in [1.807, 2.05) is 0 Å². The summed E-state index contributed by atoms with van der Waals surface area (Å²) in [7, 11) is 3.59. The lowest BCUT2D eigenvalue weighted by atomic mass is 10.00. The number of rotatable bonds is 32. The third-order valence-corrected chi connectivity index (χ3v) is 10.3. The van der Waals surface area contributed by atoms with Crippen molar-refractivity contribution in [2.75, 3.05) is 19.0 Å². The van der Waals surface area contributed by atoms with Crippen LogP contribution in [-0.2, 0) is 14.3 Å². The fourth-order valence-electron chi connectivity index (χ4n) is 7.03. The summed E-state index contributed by atoms with van der Waals surface area (Å²) < 4.78 is 7.84. The quantitative estimate of drug-likeness (QED) is 0.0568. The number of ether oxygens (including phenoxy) is 1. The van der Waals surface area contributed by atoms with Crippen LogP contribution in [0.2, 0.25) is 0 Å². The zero-order valence-electron chi connectivity index (χ0n) is 34.1. The summed E-state index contributed by atoms with van der Waals surface area (Å²) in [5, 5.41) is 3.33. The van der Waals surface area contributed by atoms with E-state index in [0.717, 1.165) is 83.5 Å². The van der Waals surface area contributed by atoms with E-state index in [-0.39, 0.29) is 47.2 Å². The van der Waals surface area contributed by atoms with Gasteiger partial charge in [-0.1, -0.05) is 150 Å². The van der Waals surface area contributed by atoms with Gasteiger partial charge in [-0.2, -0.15) is 4.98 Å². The molecule has 0 aliphatic heterocycles. The standard InChI is InChI=1S/C42H76N6O4/c1-7-11-15-18-19-20-23-27-31-35(30-26-22-17-13-9-3)52-37(49)32-36(48-33-43-38-39(48)45-42(47(5)6)46-41(38)51)40(50)44-34(28-24-14-10-4)29-25-21-16-12-8-2/h33-36H,7-32H2,1-6H3,(H,44,50)(H,45,46,51). The van der Waals surface area contributed by atoms with Crippen LogP contribution in [0.5, 0.6) is 0 Å². The van der Waals surface area contributed by atoms with Gasteiger partial charge in [-0.25, -0.2) is 4.98 Å². The highest BCUT2D eigenvalue weighted by Crippen LogP contribution is 2.24. The maximum atomic E-state index is 14.3. The van der Waals surface area contributed by atoms with Gasteiger partial charge in [0.25, 0.3) is 5.56 Å². The van der Waals surface area contributed by atoms with Crippen molar-refractivity contribution >= 4 is 29.0 Å². The molecule has 0 saturated heterocycles. The topological polar surface area (TPSA) is 122 Å². The van der Waals surface area contributed by atoms with Crippen LogP contribution in [-0.4, -0.2) is 57.6 Å². The second-order valence-electron chi connectivity index (χ2n) is 15.3. The van der Waals surface area contributed by atoms with Gasteiger partial charge in [-0.3, -0.25) is 19.4 Å². The minimum Gasteiger partial charge on any atom is -0.462 e. The van der Waals surface area contributed by atoms with Crippen molar-refractivity contribution in [1.82, 2.24) is 24.8 Å². The van der Waals surface area contributed by atoms with Crippen LogP contribution in [0.3, 0.4) is 0 Å². The van der Waals surface area contributed by atoms with E-state index in [1.54, 1.807) is 23.6 Å². The second-order valence-corrected chi connectivity index (χ2v) is 15.3. The molecule has 2 aromatic heterocycles. The summed E-state index contributed by atoms with van der Waals surface area (Å²) in [6.45, 7) is 8.87. The number of H-pyrrole nitrogens is 1. The predicted molar refractivity (Wildman–Crippen MR) is 216 cm³/mol. The van der Waals surface area contributed by atoms with Crippen molar-refractivity contribution in [3.63, 3.8) is 0 Å². The summed E-state index contributed by atoms with van der Waals surface area (Å²) >= 11 is 0. The van der Waals surface area contributed by atoms with E-state index in [0.29, 0.717) is 5.95 Å². The number of imidazole rings is 1. The van der Waals surface area contributed by atoms with Crippen molar-refractivity contribution in [2.45, 2.75) is 213 Å². The summed E-state index contributed by atoms with van der Waals surface area (Å²) in [5.41, 5.74) is 0.0490. The number of carbonyl (C=O) groups is 2. The van der Waals surface area contributed by atoms with Crippen LogP contribution in [0.15, 0.2) is 11.1 Å². The normalized spacial score (nSPS) is 13.3. The van der Waals surface area contributed by atoms with Crippen molar-refractivity contribution in [2.24, 2.45) is 0 Å². The Morgan fingerprint density at radius 1 is 0.731 bits per heavy atom. The summed E-state index contributed by atoms with van der Waals surface area (Å²) in [4.78, 5) is 54.6. The number of nitrogens with zero attached hydrogens (tertiary/aromatic N) is 4. The first-order valence-corrected chi connectivity index (χ1v) is 21.4. The molecule has 0 aliphatic carbocycles. The van der Waals surface area contributed by atoms with E-state index in [4.69, 9.17) is 4.74 Å². The molecule has 0 radical (unpaired) electrons. The third-order valence-electron chi connectivity index (χ3n) is 10.3. The lowest BCUT2D eigenvalue weighted by Crippen LogP contribution is -2.41. The number of aromatic nitrogens is 4. The molecule has 10 heteroatoms. The van der Waals surface area contributed by atoms with Crippen molar-refractivity contribution in [3.05, 3.63) is 16.7 Å². The van der Waals surface area contributed by atoms with Gasteiger partial charge < -0.3 is 19.5 Å². The van der Waals surface area contributed by atoms with Gasteiger partial charge in [-0.05, 0) is 38.5 Å². The first-order valence-electron chi connectivity index (χ1n) is 21.4. The Labute approximate surface area is 316 Å². The summed E-state index contributed by atoms with van der Waals surface area (Å²) in [5.74, 6) is -0.280. The number of unbranched alkanes of at least 4 members (excludes halogenated alkanes) is 17. The van der Waals surface area contributed by atoms with Crippen LogP contribution in [0.25, 0.3) is 11.2 Å². The van der Waals surface area contributed by atoms with Gasteiger partial charge in [0.2, 0.25) is 11.9 Å². The molecule has 0 bridgehead atoms. The van der Waals surface area contributed by atoms with Crippen LogP contribution in [0.1, 0.15) is 201 Å². The van der Waals surface area contributed by atoms with Crippen LogP contribution in [0.4, 0.5) is 5.95 Å². The Hall–Kier alpha value is -2.91. The van der Waals surface area contributed by atoms with Crippen LogP contribution >= 0.6 is 0 Å². The number of hydrogen-bond acceptors (Lipinski definition) is 7. The zero-order chi connectivity index (χ0) is 38.0. The Bertz CT molecular complexity index is 1290. The maximum absolute atomic E-state index is 14.3.